The van der Waals surface area contributed by atoms with Gasteiger partial charge in [0.2, 0.25) is 0 Å². The van der Waals surface area contributed by atoms with Crippen molar-refractivity contribution in [3.8, 4) is 0 Å². The molecule has 6 heteroatoms. The van der Waals surface area contributed by atoms with Gasteiger partial charge in [0.1, 0.15) is 6.54 Å². The molecular weight excluding hydrogens is 280 g/mol. The number of rotatable bonds is 6. The van der Waals surface area contributed by atoms with Crippen LogP contribution in [-0.4, -0.2) is 36.5 Å². The van der Waals surface area contributed by atoms with E-state index >= 15 is 0 Å². The second kappa shape index (κ2) is 7.75. The predicted molar refractivity (Wildman–Crippen MR) is 78.7 cm³/mol. The molecule has 0 aliphatic rings. The summed E-state index contributed by atoms with van der Waals surface area (Å²) in [5.74, 6) is -0.683. The van der Waals surface area contributed by atoms with Crippen LogP contribution in [0.3, 0.4) is 0 Å². The monoisotopic (exact) mass is 298 g/mol. The van der Waals surface area contributed by atoms with Gasteiger partial charge in [-0.3, -0.25) is 9.59 Å². The molecule has 0 aliphatic carbocycles. The first-order valence-electron chi connectivity index (χ1n) is 6.49. The van der Waals surface area contributed by atoms with Gasteiger partial charge in [-0.2, -0.15) is 0 Å². The van der Waals surface area contributed by atoms with E-state index in [1.807, 2.05) is 6.92 Å². The Balaban J connectivity index is 2.87. The molecule has 0 atom stereocenters. The molecule has 0 aliphatic heterocycles. The summed E-state index contributed by atoms with van der Waals surface area (Å²) in [5.41, 5.74) is 6.43. The summed E-state index contributed by atoms with van der Waals surface area (Å²) in [6, 6.07) is 4.68. The van der Waals surface area contributed by atoms with Crippen LogP contribution in [0, 0.1) is 0 Å². The van der Waals surface area contributed by atoms with Gasteiger partial charge in [-0.05, 0) is 31.5 Å². The topological polar surface area (TPSA) is 72.6 Å². The molecule has 0 fully saturated rings. The lowest BCUT2D eigenvalue weighted by molar-refractivity contribution is -0.143. The van der Waals surface area contributed by atoms with Gasteiger partial charge in [-0.25, -0.2) is 0 Å². The summed E-state index contributed by atoms with van der Waals surface area (Å²) in [5, 5.41) is 0.323. The third-order valence-corrected chi connectivity index (χ3v) is 2.98. The SMILES string of the molecule is CCCN(CC(=O)OCC)C(=O)c1ccc(N)c(Cl)c1. The minimum absolute atomic E-state index is 0.0670. The molecule has 1 aromatic carbocycles. The number of esters is 1. The van der Waals surface area contributed by atoms with Gasteiger partial charge in [0.15, 0.2) is 0 Å². The van der Waals surface area contributed by atoms with Crippen LogP contribution in [-0.2, 0) is 9.53 Å². The number of amides is 1. The molecule has 20 heavy (non-hydrogen) atoms. The van der Waals surface area contributed by atoms with E-state index in [-0.39, 0.29) is 12.5 Å². The van der Waals surface area contributed by atoms with E-state index in [9.17, 15) is 9.59 Å². The fraction of sp³-hybridized carbons (Fsp3) is 0.429. The lowest BCUT2D eigenvalue weighted by atomic mass is 10.1. The summed E-state index contributed by atoms with van der Waals surface area (Å²) in [6.45, 7) is 4.36. The van der Waals surface area contributed by atoms with E-state index < -0.39 is 5.97 Å². The van der Waals surface area contributed by atoms with Crippen LogP contribution in [0.2, 0.25) is 5.02 Å². The molecule has 0 unspecified atom stereocenters. The fourth-order valence-corrected chi connectivity index (χ4v) is 1.91. The van der Waals surface area contributed by atoms with Crippen molar-refractivity contribution in [1.29, 1.82) is 0 Å². The van der Waals surface area contributed by atoms with Crippen molar-refractivity contribution in [2.75, 3.05) is 25.4 Å². The molecule has 0 spiro atoms. The third kappa shape index (κ3) is 4.42. The molecule has 0 aromatic heterocycles. The Morgan fingerprint density at radius 2 is 2.05 bits per heavy atom. The Morgan fingerprint density at radius 1 is 1.35 bits per heavy atom. The van der Waals surface area contributed by atoms with E-state index in [0.717, 1.165) is 6.42 Å². The predicted octanol–water partition coefficient (Wildman–Crippen LogP) is 2.34. The van der Waals surface area contributed by atoms with Crippen molar-refractivity contribution in [2.45, 2.75) is 20.3 Å². The van der Waals surface area contributed by atoms with Gasteiger partial charge in [-0.15, -0.1) is 0 Å². The number of ether oxygens (including phenoxy) is 1. The number of nitrogens with zero attached hydrogens (tertiary/aromatic N) is 1. The zero-order valence-corrected chi connectivity index (χ0v) is 12.4. The van der Waals surface area contributed by atoms with Crippen molar-refractivity contribution in [2.24, 2.45) is 0 Å². The maximum Gasteiger partial charge on any atom is 0.325 e. The Kier molecular flexibility index (Phi) is 6.31. The zero-order chi connectivity index (χ0) is 15.1. The van der Waals surface area contributed by atoms with Crippen molar-refractivity contribution < 1.29 is 14.3 Å². The Bertz CT molecular complexity index is 491. The highest BCUT2D eigenvalue weighted by Crippen LogP contribution is 2.20. The van der Waals surface area contributed by atoms with Crippen LogP contribution >= 0.6 is 11.6 Å². The molecule has 2 N–H and O–H groups in total. The average Bonchev–Trinajstić information content (AvgIpc) is 2.41. The smallest absolute Gasteiger partial charge is 0.325 e. The number of hydrogen-bond acceptors (Lipinski definition) is 4. The van der Waals surface area contributed by atoms with Crippen LogP contribution in [0.5, 0.6) is 0 Å². The molecule has 0 bridgehead atoms. The van der Waals surface area contributed by atoms with Crippen LogP contribution < -0.4 is 5.73 Å². The number of carbonyl (C=O) groups excluding carboxylic acids is 2. The quantitative estimate of drug-likeness (QED) is 0.646. The van der Waals surface area contributed by atoms with E-state index in [4.69, 9.17) is 22.1 Å². The third-order valence-electron chi connectivity index (χ3n) is 2.65. The van der Waals surface area contributed by atoms with Crippen molar-refractivity contribution in [1.82, 2.24) is 4.90 Å². The van der Waals surface area contributed by atoms with E-state index in [1.54, 1.807) is 19.1 Å². The van der Waals surface area contributed by atoms with Crippen LogP contribution in [0.25, 0.3) is 0 Å². The molecule has 1 rings (SSSR count). The Morgan fingerprint density at radius 3 is 2.60 bits per heavy atom. The second-order valence-corrected chi connectivity index (χ2v) is 4.68. The first-order valence-corrected chi connectivity index (χ1v) is 6.87. The first kappa shape index (κ1) is 16.3. The summed E-state index contributed by atoms with van der Waals surface area (Å²) >= 11 is 5.91. The Labute approximate surface area is 123 Å². The zero-order valence-electron chi connectivity index (χ0n) is 11.7. The molecule has 0 saturated carbocycles. The van der Waals surface area contributed by atoms with Crippen molar-refractivity contribution >= 4 is 29.2 Å². The van der Waals surface area contributed by atoms with Gasteiger partial charge in [0.25, 0.3) is 5.91 Å². The fourth-order valence-electron chi connectivity index (χ4n) is 1.73. The maximum absolute atomic E-state index is 12.4. The molecular formula is C14H19ClN2O3. The van der Waals surface area contributed by atoms with Gasteiger partial charge in [0.05, 0.1) is 17.3 Å². The Hall–Kier alpha value is -1.75. The highest BCUT2D eigenvalue weighted by molar-refractivity contribution is 6.33. The summed E-state index contributed by atoms with van der Waals surface area (Å²) in [7, 11) is 0. The molecule has 0 radical (unpaired) electrons. The first-order chi connectivity index (χ1) is 9.49. The number of halogens is 1. The largest absolute Gasteiger partial charge is 0.465 e. The lowest BCUT2D eigenvalue weighted by Gasteiger charge is -2.21. The highest BCUT2D eigenvalue weighted by atomic mass is 35.5. The number of anilines is 1. The number of hydrogen-bond donors (Lipinski definition) is 1. The summed E-state index contributed by atoms with van der Waals surface area (Å²) in [6.07, 6.45) is 0.744. The van der Waals surface area contributed by atoms with Crippen LogP contribution in [0.15, 0.2) is 18.2 Å². The van der Waals surface area contributed by atoms with E-state index in [2.05, 4.69) is 0 Å². The molecule has 110 valence electrons. The number of nitrogens with two attached hydrogens (primary N) is 1. The van der Waals surface area contributed by atoms with Gasteiger partial charge in [-0.1, -0.05) is 18.5 Å². The van der Waals surface area contributed by atoms with Gasteiger partial charge < -0.3 is 15.4 Å². The minimum atomic E-state index is -0.421. The second-order valence-electron chi connectivity index (χ2n) is 4.27. The summed E-state index contributed by atoms with van der Waals surface area (Å²) < 4.78 is 4.87. The number of carbonyl (C=O) groups is 2. The van der Waals surface area contributed by atoms with E-state index in [0.29, 0.717) is 29.4 Å². The standard InChI is InChI=1S/C14H19ClN2O3/c1-3-7-17(9-13(18)20-4-2)14(19)10-5-6-12(16)11(15)8-10/h5-6,8H,3-4,7,9,16H2,1-2H3. The molecule has 1 amide bonds. The van der Waals surface area contributed by atoms with Crippen LogP contribution in [0.4, 0.5) is 5.69 Å². The van der Waals surface area contributed by atoms with Crippen LogP contribution in [0.1, 0.15) is 30.6 Å². The van der Waals surface area contributed by atoms with Crippen molar-refractivity contribution in [3.05, 3.63) is 28.8 Å². The van der Waals surface area contributed by atoms with Crippen molar-refractivity contribution in [3.63, 3.8) is 0 Å². The highest BCUT2D eigenvalue weighted by Gasteiger charge is 2.19. The normalized spacial score (nSPS) is 10.2. The molecule has 0 heterocycles. The molecule has 1 aromatic rings. The number of nitrogen functional groups attached to an aromatic ring is 1. The van der Waals surface area contributed by atoms with E-state index in [1.165, 1.54) is 11.0 Å². The summed E-state index contributed by atoms with van der Waals surface area (Å²) in [4.78, 5) is 25.3. The molecule has 5 nitrogen and oxygen atoms in total. The molecule has 0 saturated heterocycles. The van der Waals surface area contributed by atoms with Gasteiger partial charge >= 0.3 is 5.97 Å². The average molecular weight is 299 g/mol. The maximum atomic E-state index is 12.4. The number of benzene rings is 1. The lowest BCUT2D eigenvalue weighted by Crippen LogP contribution is -2.37. The van der Waals surface area contributed by atoms with Gasteiger partial charge in [0, 0.05) is 12.1 Å². The minimum Gasteiger partial charge on any atom is -0.465 e.